The number of aryl methyl sites for hydroxylation is 1. The summed E-state index contributed by atoms with van der Waals surface area (Å²) >= 11 is 1.58. The van der Waals surface area contributed by atoms with Crippen LogP contribution in [-0.4, -0.2) is 41.1 Å². The molecule has 0 spiro atoms. The Hall–Kier alpha value is -3.52. The number of ether oxygens (including phenoxy) is 3. The highest BCUT2D eigenvalue weighted by Gasteiger charge is 2.22. The summed E-state index contributed by atoms with van der Waals surface area (Å²) in [6, 6.07) is 15.7. The summed E-state index contributed by atoms with van der Waals surface area (Å²) in [6.07, 6.45) is 3.60. The first-order chi connectivity index (χ1) is 15.6. The van der Waals surface area contributed by atoms with Crippen LogP contribution in [0.1, 0.15) is 11.1 Å². The largest absolute Gasteiger partial charge is 0.497 e. The summed E-state index contributed by atoms with van der Waals surface area (Å²) in [6.45, 7) is 2.00. The molecule has 0 bridgehead atoms. The van der Waals surface area contributed by atoms with Crippen molar-refractivity contribution in [2.45, 2.75) is 17.8 Å². The van der Waals surface area contributed by atoms with Crippen molar-refractivity contribution in [1.29, 1.82) is 0 Å². The Morgan fingerprint density at radius 3 is 2.22 bits per heavy atom. The molecule has 8 heteroatoms. The first kappa shape index (κ1) is 21.7. The van der Waals surface area contributed by atoms with Crippen molar-refractivity contribution in [3.8, 4) is 34.3 Å². The Bertz CT molecular complexity index is 1190. The molecule has 0 radical (unpaired) electrons. The van der Waals surface area contributed by atoms with Crippen LogP contribution in [0.4, 0.5) is 0 Å². The van der Waals surface area contributed by atoms with Gasteiger partial charge in [-0.25, -0.2) is 0 Å². The molecule has 0 fully saturated rings. The fourth-order valence-electron chi connectivity index (χ4n) is 3.35. The average Bonchev–Trinajstić information content (AvgIpc) is 3.26. The van der Waals surface area contributed by atoms with E-state index in [1.54, 1.807) is 39.3 Å². The molecule has 2 heterocycles. The second-order valence-electron chi connectivity index (χ2n) is 7.04. The number of aromatic nitrogens is 4. The Kier molecular flexibility index (Phi) is 6.61. The van der Waals surface area contributed by atoms with E-state index in [0.717, 1.165) is 33.3 Å². The standard InChI is InChI=1S/C24H24N4O3S/c1-16-12-18(14-25-13-16)23-26-27-24(32-15-17-8-10-19(29-2)11-9-17)28(23)22-20(30-3)6-5-7-21(22)31-4/h5-14H,15H2,1-4H3. The van der Waals surface area contributed by atoms with Gasteiger partial charge >= 0.3 is 0 Å². The highest BCUT2D eigenvalue weighted by atomic mass is 32.2. The molecule has 32 heavy (non-hydrogen) atoms. The molecule has 0 aliphatic carbocycles. The lowest BCUT2D eigenvalue weighted by molar-refractivity contribution is 0.390. The van der Waals surface area contributed by atoms with E-state index in [0.29, 0.717) is 23.1 Å². The van der Waals surface area contributed by atoms with Gasteiger partial charge in [-0.1, -0.05) is 30.0 Å². The first-order valence-corrected chi connectivity index (χ1v) is 11.0. The number of para-hydroxylation sites is 1. The van der Waals surface area contributed by atoms with Crippen molar-refractivity contribution in [3.63, 3.8) is 0 Å². The van der Waals surface area contributed by atoms with Gasteiger partial charge < -0.3 is 14.2 Å². The van der Waals surface area contributed by atoms with E-state index in [4.69, 9.17) is 14.2 Å². The van der Waals surface area contributed by atoms with Crippen molar-refractivity contribution in [3.05, 3.63) is 72.1 Å². The van der Waals surface area contributed by atoms with Gasteiger partial charge in [-0.3, -0.25) is 9.55 Å². The number of thioether (sulfide) groups is 1. The molecule has 4 aromatic rings. The SMILES string of the molecule is COc1ccc(CSc2nnc(-c3cncc(C)c3)n2-c2c(OC)cccc2OC)cc1. The minimum absolute atomic E-state index is 0.664. The number of rotatable bonds is 8. The minimum atomic E-state index is 0.664. The fourth-order valence-corrected chi connectivity index (χ4v) is 4.24. The van der Waals surface area contributed by atoms with E-state index in [1.165, 1.54) is 0 Å². The highest BCUT2D eigenvalue weighted by Crippen LogP contribution is 2.38. The normalized spacial score (nSPS) is 10.8. The van der Waals surface area contributed by atoms with E-state index < -0.39 is 0 Å². The van der Waals surface area contributed by atoms with Crippen LogP contribution in [0.25, 0.3) is 17.1 Å². The van der Waals surface area contributed by atoms with Crippen LogP contribution in [0.15, 0.2) is 66.1 Å². The van der Waals surface area contributed by atoms with Crippen LogP contribution in [0.2, 0.25) is 0 Å². The number of hydrogen-bond donors (Lipinski definition) is 0. The molecule has 0 aliphatic heterocycles. The zero-order valence-electron chi connectivity index (χ0n) is 18.4. The lowest BCUT2D eigenvalue weighted by Crippen LogP contribution is -2.05. The van der Waals surface area contributed by atoms with Gasteiger partial charge in [0.15, 0.2) is 11.0 Å². The summed E-state index contributed by atoms with van der Waals surface area (Å²) in [7, 11) is 4.94. The van der Waals surface area contributed by atoms with Crippen molar-refractivity contribution in [2.75, 3.05) is 21.3 Å². The molecule has 2 aromatic carbocycles. The third-order valence-corrected chi connectivity index (χ3v) is 5.92. The van der Waals surface area contributed by atoms with Crippen molar-refractivity contribution < 1.29 is 14.2 Å². The Morgan fingerprint density at radius 1 is 0.875 bits per heavy atom. The minimum Gasteiger partial charge on any atom is -0.497 e. The molecular formula is C24H24N4O3S. The maximum Gasteiger partial charge on any atom is 0.196 e. The van der Waals surface area contributed by atoms with E-state index in [-0.39, 0.29) is 0 Å². The quantitative estimate of drug-likeness (QED) is 0.353. The second kappa shape index (κ2) is 9.74. The molecule has 2 aromatic heterocycles. The molecule has 0 N–H and O–H groups in total. The number of benzene rings is 2. The van der Waals surface area contributed by atoms with Gasteiger partial charge in [0.1, 0.15) is 22.9 Å². The summed E-state index contributed by atoms with van der Waals surface area (Å²) < 4.78 is 18.6. The van der Waals surface area contributed by atoms with Gasteiger partial charge in [0, 0.05) is 23.7 Å². The van der Waals surface area contributed by atoms with Crippen LogP contribution in [0, 0.1) is 6.92 Å². The van der Waals surface area contributed by atoms with Crippen LogP contribution in [0.5, 0.6) is 17.2 Å². The lowest BCUT2D eigenvalue weighted by atomic mass is 10.2. The molecule has 0 amide bonds. The summed E-state index contributed by atoms with van der Waals surface area (Å²) in [4.78, 5) is 4.34. The van der Waals surface area contributed by atoms with E-state index in [2.05, 4.69) is 15.2 Å². The molecule has 0 aliphatic rings. The predicted molar refractivity (Wildman–Crippen MR) is 125 cm³/mol. The third kappa shape index (κ3) is 4.40. The topological polar surface area (TPSA) is 71.3 Å². The monoisotopic (exact) mass is 448 g/mol. The number of methoxy groups -OCH3 is 3. The highest BCUT2D eigenvalue weighted by molar-refractivity contribution is 7.98. The average molecular weight is 449 g/mol. The molecule has 164 valence electrons. The van der Waals surface area contributed by atoms with Gasteiger partial charge in [-0.2, -0.15) is 0 Å². The van der Waals surface area contributed by atoms with E-state index >= 15 is 0 Å². The third-order valence-electron chi connectivity index (χ3n) is 4.92. The Labute approximate surface area is 191 Å². The van der Waals surface area contributed by atoms with Crippen LogP contribution in [0.3, 0.4) is 0 Å². The van der Waals surface area contributed by atoms with E-state index in [1.807, 2.05) is 66.2 Å². The van der Waals surface area contributed by atoms with Gasteiger partial charge in [-0.15, -0.1) is 10.2 Å². The van der Waals surface area contributed by atoms with Crippen LogP contribution >= 0.6 is 11.8 Å². The van der Waals surface area contributed by atoms with Crippen LogP contribution in [-0.2, 0) is 5.75 Å². The fraction of sp³-hybridized carbons (Fsp3) is 0.208. The van der Waals surface area contributed by atoms with Crippen molar-refractivity contribution in [2.24, 2.45) is 0 Å². The smallest absolute Gasteiger partial charge is 0.196 e. The lowest BCUT2D eigenvalue weighted by Gasteiger charge is -2.17. The summed E-state index contributed by atoms with van der Waals surface area (Å²) in [5.41, 5.74) is 3.80. The Balaban J connectivity index is 1.81. The summed E-state index contributed by atoms with van der Waals surface area (Å²) in [5, 5.41) is 9.75. The molecule has 0 saturated carbocycles. The van der Waals surface area contributed by atoms with Crippen molar-refractivity contribution >= 4 is 11.8 Å². The predicted octanol–water partition coefficient (Wildman–Crippen LogP) is 4.96. The number of hydrogen-bond acceptors (Lipinski definition) is 7. The Morgan fingerprint density at radius 2 is 1.59 bits per heavy atom. The molecule has 0 unspecified atom stereocenters. The molecular weight excluding hydrogens is 424 g/mol. The van der Waals surface area contributed by atoms with Gasteiger partial charge in [0.2, 0.25) is 0 Å². The van der Waals surface area contributed by atoms with Crippen molar-refractivity contribution in [1.82, 2.24) is 19.7 Å². The molecule has 4 rings (SSSR count). The second-order valence-corrected chi connectivity index (χ2v) is 7.98. The van der Waals surface area contributed by atoms with Gasteiger partial charge in [0.05, 0.1) is 21.3 Å². The first-order valence-electron chi connectivity index (χ1n) is 9.99. The summed E-state index contributed by atoms with van der Waals surface area (Å²) in [5.74, 6) is 3.54. The van der Waals surface area contributed by atoms with Gasteiger partial charge in [0.25, 0.3) is 0 Å². The number of pyridine rings is 1. The molecule has 7 nitrogen and oxygen atoms in total. The zero-order valence-corrected chi connectivity index (χ0v) is 19.2. The number of nitrogens with zero attached hydrogens (tertiary/aromatic N) is 4. The molecule has 0 atom stereocenters. The maximum atomic E-state index is 5.67. The zero-order chi connectivity index (χ0) is 22.5. The maximum absolute atomic E-state index is 5.67. The molecule has 0 saturated heterocycles. The van der Waals surface area contributed by atoms with Crippen LogP contribution < -0.4 is 14.2 Å². The van der Waals surface area contributed by atoms with Gasteiger partial charge in [-0.05, 0) is 48.4 Å². The van der Waals surface area contributed by atoms with E-state index in [9.17, 15) is 0 Å².